The number of amides is 2. The third kappa shape index (κ3) is 4.35. The van der Waals surface area contributed by atoms with Crippen LogP contribution in [0.5, 0.6) is 11.5 Å². The van der Waals surface area contributed by atoms with Gasteiger partial charge in [0.2, 0.25) is 0 Å². The number of aryl methyl sites for hydroxylation is 1. The molecule has 0 unspecified atom stereocenters. The van der Waals surface area contributed by atoms with E-state index in [4.69, 9.17) is 14.6 Å². The van der Waals surface area contributed by atoms with Crippen LogP contribution in [0.2, 0.25) is 0 Å². The average Bonchev–Trinajstić information content (AvgIpc) is 3.53. The number of benzene rings is 3. The van der Waals surface area contributed by atoms with Crippen LogP contribution in [0, 0.1) is 12.7 Å². The normalized spacial score (nSPS) is 14.2. The number of methoxy groups -OCH3 is 2. The highest BCUT2D eigenvalue weighted by Gasteiger charge is 2.36. The van der Waals surface area contributed by atoms with E-state index in [0.29, 0.717) is 22.7 Å². The Kier molecular flexibility index (Phi) is 6.47. The highest BCUT2D eigenvalue weighted by Crippen LogP contribution is 2.39. The lowest BCUT2D eigenvalue weighted by Crippen LogP contribution is -2.38. The summed E-state index contributed by atoms with van der Waals surface area (Å²) in [6, 6.07) is 24.4. The Morgan fingerprint density at radius 3 is 2.50 bits per heavy atom. The van der Waals surface area contributed by atoms with Gasteiger partial charge in [-0.3, -0.25) is 0 Å². The molecule has 1 atom stereocenters. The maximum absolute atomic E-state index is 14.5. The largest absolute Gasteiger partial charge is 0.493 e. The fourth-order valence-corrected chi connectivity index (χ4v) is 5.29. The molecule has 2 aromatic heterocycles. The van der Waals surface area contributed by atoms with Crippen LogP contribution in [0.1, 0.15) is 28.6 Å². The number of nitrogens with zero attached hydrogens (tertiary/aromatic N) is 4. The number of carbonyl (C=O) groups is 1. The van der Waals surface area contributed by atoms with Crippen LogP contribution < -0.4 is 14.8 Å². The summed E-state index contributed by atoms with van der Waals surface area (Å²) in [5, 5.41) is 7.87. The second-order valence-corrected chi connectivity index (χ2v) is 9.52. The quantitative estimate of drug-likeness (QED) is 0.287. The Labute approximate surface area is 231 Å². The van der Waals surface area contributed by atoms with Crippen molar-refractivity contribution < 1.29 is 18.7 Å². The number of halogens is 1. The Hall–Kier alpha value is -5.05. The number of hydrogen-bond acceptors (Lipinski definition) is 4. The van der Waals surface area contributed by atoms with Gasteiger partial charge in [0.05, 0.1) is 43.9 Å². The molecule has 0 spiro atoms. The van der Waals surface area contributed by atoms with E-state index in [-0.39, 0.29) is 18.4 Å². The predicted molar refractivity (Wildman–Crippen MR) is 150 cm³/mol. The molecule has 6 rings (SSSR count). The summed E-state index contributed by atoms with van der Waals surface area (Å²) in [6.45, 7) is 2.18. The number of carbonyl (C=O) groups excluding carboxylic acids is 1. The van der Waals surface area contributed by atoms with Crippen LogP contribution in [0.25, 0.3) is 11.5 Å². The number of ether oxygens (including phenoxy) is 2. The van der Waals surface area contributed by atoms with Gasteiger partial charge in [0.15, 0.2) is 11.5 Å². The van der Waals surface area contributed by atoms with Crippen molar-refractivity contribution in [3.05, 3.63) is 119 Å². The first-order valence-corrected chi connectivity index (χ1v) is 12.8. The van der Waals surface area contributed by atoms with E-state index < -0.39 is 6.04 Å². The fourth-order valence-electron chi connectivity index (χ4n) is 5.29. The highest BCUT2D eigenvalue weighted by atomic mass is 19.1. The van der Waals surface area contributed by atoms with E-state index in [1.165, 1.54) is 12.1 Å². The zero-order valence-electron chi connectivity index (χ0n) is 22.3. The molecule has 9 heteroatoms. The SMILES string of the molecule is COc1ccc(NC(=O)N2Cc3c(C)nn(-c4ccccc4)c3-n3cccc3[C@H]2c2cccc(F)c2)cc1OC. The zero-order valence-corrected chi connectivity index (χ0v) is 22.3. The first kappa shape index (κ1) is 25.2. The molecule has 3 aromatic carbocycles. The molecule has 0 saturated heterocycles. The molecular weight excluding hydrogens is 509 g/mol. The van der Waals surface area contributed by atoms with Crippen LogP contribution in [0.15, 0.2) is 91.1 Å². The van der Waals surface area contributed by atoms with Gasteiger partial charge in [0.1, 0.15) is 11.6 Å². The minimum absolute atomic E-state index is 0.246. The van der Waals surface area contributed by atoms with Crippen molar-refractivity contribution in [1.82, 2.24) is 19.2 Å². The van der Waals surface area contributed by atoms with Gasteiger partial charge in [-0.1, -0.05) is 30.3 Å². The minimum Gasteiger partial charge on any atom is -0.493 e. The Bertz CT molecular complexity index is 1690. The van der Waals surface area contributed by atoms with E-state index in [2.05, 4.69) is 5.32 Å². The van der Waals surface area contributed by atoms with Gasteiger partial charge in [0, 0.05) is 23.5 Å². The van der Waals surface area contributed by atoms with E-state index >= 15 is 0 Å². The van der Waals surface area contributed by atoms with Crippen LogP contribution in [-0.4, -0.2) is 39.5 Å². The molecule has 202 valence electrons. The molecule has 1 N–H and O–H groups in total. The van der Waals surface area contributed by atoms with Crippen molar-refractivity contribution in [3.63, 3.8) is 0 Å². The molecule has 0 bridgehead atoms. The molecule has 0 fully saturated rings. The molecule has 8 nitrogen and oxygen atoms in total. The van der Waals surface area contributed by atoms with Crippen molar-refractivity contribution in [3.8, 4) is 23.0 Å². The molecule has 2 amide bonds. The number of anilines is 1. The maximum Gasteiger partial charge on any atom is 0.322 e. The van der Waals surface area contributed by atoms with Crippen LogP contribution >= 0.6 is 0 Å². The lowest BCUT2D eigenvalue weighted by molar-refractivity contribution is 0.194. The molecule has 5 aromatic rings. The molecule has 0 aliphatic carbocycles. The summed E-state index contributed by atoms with van der Waals surface area (Å²) in [7, 11) is 3.10. The molecule has 3 heterocycles. The summed E-state index contributed by atoms with van der Waals surface area (Å²) in [5.41, 5.74) is 4.59. The van der Waals surface area contributed by atoms with Gasteiger partial charge in [-0.15, -0.1) is 0 Å². The maximum atomic E-state index is 14.5. The summed E-state index contributed by atoms with van der Waals surface area (Å²) >= 11 is 0. The molecule has 40 heavy (non-hydrogen) atoms. The number of hydrogen-bond donors (Lipinski definition) is 1. The van der Waals surface area contributed by atoms with Crippen molar-refractivity contribution in [2.45, 2.75) is 19.5 Å². The summed E-state index contributed by atoms with van der Waals surface area (Å²) in [6.07, 6.45) is 1.96. The van der Waals surface area contributed by atoms with Crippen molar-refractivity contribution in [2.24, 2.45) is 0 Å². The summed E-state index contributed by atoms with van der Waals surface area (Å²) in [4.78, 5) is 15.8. The number of urea groups is 1. The average molecular weight is 538 g/mol. The third-order valence-electron chi connectivity index (χ3n) is 7.15. The second-order valence-electron chi connectivity index (χ2n) is 9.52. The summed E-state index contributed by atoms with van der Waals surface area (Å²) in [5.74, 6) is 1.52. The fraction of sp³-hybridized carbons (Fsp3) is 0.161. The molecule has 0 radical (unpaired) electrons. The predicted octanol–water partition coefficient (Wildman–Crippen LogP) is 6.26. The van der Waals surface area contributed by atoms with Gasteiger partial charge in [-0.25, -0.2) is 13.9 Å². The number of nitrogens with one attached hydrogen (secondary N) is 1. The van der Waals surface area contributed by atoms with Crippen LogP contribution in [0.3, 0.4) is 0 Å². The van der Waals surface area contributed by atoms with Gasteiger partial charge >= 0.3 is 6.03 Å². The van der Waals surface area contributed by atoms with Crippen molar-refractivity contribution in [2.75, 3.05) is 19.5 Å². The topological polar surface area (TPSA) is 73.5 Å². The van der Waals surface area contributed by atoms with Crippen molar-refractivity contribution in [1.29, 1.82) is 0 Å². The van der Waals surface area contributed by atoms with Crippen molar-refractivity contribution >= 4 is 11.7 Å². The Morgan fingerprint density at radius 2 is 1.75 bits per heavy atom. The highest BCUT2D eigenvalue weighted by molar-refractivity contribution is 5.90. The van der Waals surface area contributed by atoms with Crippen LogP contribution in [-0.2, 0) is 6.54 Å². The number of aromatic nitrogens is 3. The smallest absolute Gasteiger partial charge is 0.322 e. The van der Waals surface area contributed by atoms with E-state index in [1.807, 2.05) is 70.9 Å². The number of rotatable bonds is 5. The molecule has 1 aliphatic heterocycles. The van der Waals surface area contributed by atoms with Gasteiger partial charge in [0.25, 0.3) is 0 Å². The lowest BCUT2D eigenvalue weighted by Gasteiger charge is -2.31. The first-order valence-electron chi connectivity index (χ1n) is 12.8. The molecule has 1 aliphatic rings. The van der Waals surface area contributed by atoms with Gasteiger partial charge in [-0.05, 0) is 61.0 Å². The first-order chi connectivity index (χ1) is 19.5. The van der Waals surface area contributed by atoms with E-state index in [9.17, 15) is 9.18 Å². The molecular formula is C31H28FN5O3. The Morgan fingerprint density at radius 1 is 0.950 bits per heavy atom. The van der Waals surface area contributed by atoms with E-state index in [1.54, 1.807) is 43.4 Å². The Balaban J connectivity index is 1.50. The number of fused-ring (bicyclic) bond motifs is 3. The van der Waals surface area contributed by atoms with Crippen LogP contribution in [0.4, 0.5) is 14.9 Å². The number of para-hydroxylation sites is 1. The van der Waals surface area contributed by atoms with Gasteiger partial charge in [-0.2, -0.15) is 5.10 Å². The van der Waals surface area contributed by atoms with Gasteiger partial charge < -0.3 is 24.3 Å². The molecule has 0 saturated carbocycles. The monoisotopic (exact) mass is 537 g/mol. The van der Waals surface area contributed by atoms with E-state index in [0.717, 1.165) is 28.5 Å². The zero-order chi connectivity index (χ0) is 27.8. The standard InChI is InChI=1S/C31H28FN5O3/c1-20-25-19-36(31(38)33-23-14-15-27(39-2)28(18-23)40-3)29(21-9-7-10-22(32)17-21)26-13-8-16-35(26)30(25)37(34-20)24-11-5-4-6-12-24/h4-18,29H,19H2,1-3H3,(H,33,38)/t29-/m1/s1. The second kappa shape index (κ2) is 10.3. The minimum atomic E-state index is -0.582. The summed E-state index contributed by atoms with van der Waals surface area (Å²) < 4.78 is 29.2. The third-order valence-corrected chi connectivity index (χ3v) is 7.15. The lowest BCUT2D eigenvalue weighted by atomic mass is 10.0.